The lowest BCUT2D eigenvalue weighted by atomic mass is 10.0. The molecule has 28 heavy (non-hydrogen) atoms. The Balaban J connectivity index is 1.60. The number of piperidine rings is 1. The molecule has 1 aliphatic heterocycles. The third-order valence-electron chi connectivity index (χ3n) is 5.50. The summed E-state index contributed by atoms with van der Waals surface area (Å²) in [6.45, 7) is 10.1. The average molecular weight is 416 g/mol. The molecule has 0 saturated carbocycles. The number of hydrogen-bond acceptors (Lipinski definition) is 3. The monoisotopic (exact) mass is 415 g/mol. The minimum atomic E-state index is 0.835. The van der Waals surface area contributed by atoms with E-state index < -0.39 is 0 Å². The number of thiophene rings is 1. The maximum absolute atomic E-state index is 5.83. The Bertz CT molecular complexity index is 729. The van der Waals surface area contributed by atoms with E-state index in [1.165, 1.54) is 42.9 Å². The van der Waals surface area contributed by atoms with Crippen LogP contribution in [-0.4, -0.2) is 41.1 Å². The van der Waals surface area contributed by atoms with Gasteiger partial charge in [0.15, 0.2) is 5.11 Å². The van der Waals surface area contributed by atoms with Crippen LogP contribution in [0.2, 0.25) is 0 Å². The minimum absolute atomic E-state index is 0.835. The predicted octanol–water partition coefficient (Wildman–Crippen LogP) is 5.63. The zero-order chi connectivity index (χ0) is 19.8. The predicted molar refractivity (Wildman–Crippen MR) is 126 cm³/mol. The largest absolute Gasteiger partial charge is 0.344 e. The molecule has 3 rings (SSSR count). The SMILES string of the molecule is CCc1ccccc1NC(=S)N(CCCN1CCC[C@H](C)C1)Cc1cccs1. The first kappa shape index (κ1) is 21.3. The summed E-state index contributed by atoms with van der Waals surface area (Å²) in [4.78, 5) is 6.32. The van der Waals surface area contributed by atoms with E-state index in [-0.39, 0.29) is 0 Å². The summed E-state index contributed by atoms with van der Waals surface area (Å²) in [6, 6.07) is 12.8. The van der Waals surface area contributed by atoms with E-state index in [4.69, 9.17) is 12.2 Å². The molecule has 152 valence electrons. The highest BCUT2D eigenvalue weighted by molar-refractivity contribution is 7.80. The Morgan fingerprint density at radius 1 is 1.29 bits per heavy atom. The number of likely N-dealkylation sites (tertiary alicyclic amines) is 1. The molecule has 3 nitrogen and oxygen atoms in total. The molecule has 2 aromatic rings. The first-order chi connectivity index (χ1) is 13.7. The second-order valence-corrected chi connectivity index (χ2v) is 9.26. The molecule has 0 amide bonds. The molecule has 0 unspecified atom stereocenters. The van der Waals surface area contributed by atoms with Crippen molar-refractivity contribution in [1.82, 2.24) is 9.80 Å². The van der Waals surface area contributed by atoms with Crippen molar-refractivity contribution in [3.8, 4) is 0 Å². The van der Waals surface area contributed by atoms with Gasteiger partial charge in [-0.1, -0.05) is 38.1 Å². The van der Waals surface area contributed by atoms with Crippen LogP contribution in [0, 0.1) is 5.92 Å². The third kappa shape index (κ3) is 6.29. The molecule has 1 aliphatic rings. The van der Waals surface area contributed by atoms with Gasteiger partial charge in [0.2, 0.25) is 0 Å². The van der Waals surface area contributed by atoms with Crippen LogP contribution < -0.4 is 5.32 Å². The summed E-state index contributed by atoms with van der Waals surface area (Å²) < 4.78 is 0. The molecule has 1 aromatic carbocycles. The summed E-state index contributed by atoms with van der Waals surface area (Å²) in [5, 5.41) is 6.50. The van der Waals surface area contributed by atoms with Crippen LogP contribution in [0.5, 0.6) is 0 Å². The lowest BCUT2D eigenvalue weighted by Crippen LogP contribution is -2.39. The van der Waals surface area contributed by atoms with Crippen molar-refractivity contribution in [2.45, 2.75) is 46.1 Å². The van der Waals surface area contributed by atoms with Gasteiger partial charge in [-0.15, -0.1) is 11.3 Å². The third-order valence-corrected chi connectivity index (χ3v) is 6.72. The van der Waals surface area contributed by atoms with Crippen LogP contribution in [-0.2, 0) is 13.0 Å². The maximum Gasteiger partial charge on any atom is 0.173 e. The fourth-order valence-electron chi connectivity index (χ4n) is 3.96. The van der Waals surface area contributed by atoms with E-state index in [2.05, 4.69) is 70.7 Å². The van der Waals surface area contributed by atoms with Gasteiger partial charge in [0.25, 0.3) is 0 Å². The van der Waals surface area contributed by atoms with E-state index in [0.29, 0.717) is 0 Å². The fourth-order valence-corrected chi connectivity index (χ4v) is 4.95. The van der Waals surface area contributed by atoms with Crippen LogP contribution in [0.25, 0.3) is 0 Å². The first-order valence-electron chi connectivity index (χ1n) is 10.5. The number of rotatable bonds is 8. The van der Waals surface area contributed by atoms with Gasteiger partial charge in [-0.2, -0.15) is 0 Å². The summed E-state index contributed by atoms with van der Waals surface area (Å²) in [7, 11) is 0. The molecule has 0 bridgehead atoms. The van der Waals surface area contributed by atoms with Gasteiger partial charge in [0, 0.05) is 23.7 Å². The number of aryl methyl sites for hydroxylation is 1. The van der Waals surface area contributed by atoms with Crippen molar-refractivity contribution >= 4 is 34.4 Å². The Kier molecular flexibility index (Phi) is 8.31. The Hall–Kier alpha value is -1.43. The van der Waals surface area contributed by atoms with Gasteiger partial charge < -0.3 is 15.1 Å². The number of hydrogen-bond donors (Lipinski definition) is 1. The topological polar surface area (TPSA) is 18.5 Å². The Morgan fingerprint density at radius 2 is 2.14 bits per heavy atom. The van der Waals surface area contributed by atoms with E-state index in [0.717, 1.165) is 42.6 Å². The molecule has 0 aliphatic carbocycles. The molecule has 1 aromatic heterocycles. The summed E-state index contributed by atoms with van der Waals surface area (Å²) in [5.74, 6) is 0.837. The molecular weight excluding hydrogens is 382 g/mol. The number of nitrogens with zero attached hydrogens (tertiary/aromatic N) is 2. The van der Waals surface area contributed by atoms with Gasteiger partial charge in [-0.05, 0) is 80.0 Å². The molecular formula is C23H33N3S2. The molecule has 1 saturated heterocycles. The average Bonchev–Trinajstić information content (AvgIpc) is 3.21. The quantitative estimate of drug-likeness (QED) is 0.563. The van der Waals surface area contributed by atoms with Crippen molar-refractivity contribution in [2.24, 2.45) is 5.92 Å². The second kappa shape index (κ2) is 10.9. The van der Waals surface area contributed by atoms with Crippen molar-refractivity contribution in [2.75, 3.05) is 31.5 Å². The lowest BCUT2D eigenvalue weighted by Gasteiger charge is -2.32. The fraction of sp³-hybridized carbons (Fsp3) is 0.522. The van der Waals surface area contributed by atoms with E-state index >= 15 is 0 Å². The molecule has 0 radical (unpaired) electrons. The van der Waals surface area contributed by atoms with Gasteiger partial charge in [0.05, 0.1) is 6.54 Å². The van der Waals surface area contributed by atoms with Crippen LogP contribution in [0.4, 0.5) is 5.69 Å². The molecule has 5 heteroatoms. The van der Waals surface area contributed by atoms with Gasteiger partial charge in [-0.3, -0.25) is 0 Å². The highest BCUT2D eigenvalue weighted by atomic mass is 32.1. The van der Waals surface area contributed by atoms with E-state index in [9.17, 15) is 0 Å². The molecule has 0 spiro atoms. The van der Waals surface area contributed by atoms with Crippen molar-refractivity contribution < 1.29 is 0 Å². The maximum atomic E-state index is 5.83. The minimum Gasteiger partial charge on any atom is -0.344 e. The molecule has 1 fully saturated rings. The standard InChI is InChI=1S/C23H33N3S2/c1-3-20-10-4-5-12-22(20)24-23(27)26(18-21-11-7-16-28-21)15-8-14-25-13-6-9-19(2)17-25/h4-5,7,10-12,16,19H,3,6,8-9,13-15,17-18H2,1-2H3,(H,24,27)/t19-/m0/s1. The lowest BCUT2D eigenvalue weighted by molar-refractivity contribution is 0.177. The number of benzene rings is 1. The van der Waals surface area contributed by atoms with Gasteiger partial charge >= 0.3 is 0 Å². The van der Waals surface area contributed by atoms with Gasteiger partial charge in [0.1, 0.15) is 0 Å². The molecule has 2 heterocycles. The van der Waals surface area contributed by atoms with Gasteiger partial charge in [-0.25, -0.2) is 0 Å². The Morgan fingerprint density at radius 3 is 2.89 bits per heavy atom. The van der Waals surface area contributed by atoms with Crippen LogP contribution in [0.1, 0.15) is 43.6 Å². The number of thiocarbonyl (C=S) groups is 1. The van der Waals surface area contributed by atoms with Crippen molar-refractivity contribution in [1.29, 1.82) is 0 Å². The number of anilines is 1. The van der Waals surface area contributed by atoms with E-state index in [1.54, 1.807) is 11.3 Å². The van der Waals surface area contributed by atoms with Crippen LogP contribution in [0.3, 0.4) is 0 Å². The smallest absolute Gasteiger partial charge is 0.173 e. The Labute approximate surface area is 179 Å². The van der Waals surface area contributed by atoms with Crippen molar-refractivity contribution in [3.63, 3.8) is 0 Å². The zero-order valence-corrected chi connectivity index (χ0v) is 18.8. The molecule has 1 N–H and O–H groups in total. The number of nitrogens with one attached hydrogen (secondary N) is 1. The van der Waals surface area contributed by atoms with E-state index in [1.807, 2.05) is 0 Å². The summed E-state index contributed by atoms with van der Waals surface area (Å²) in [6.07, 6.45) is 4.87. The van der Waals surface area contributed by atoms with Crippen molar-refractivity contribution in [3.05, 3.63) is 52.2 Å². The first-order valence-corrected chi connectivity index (χ1v) is 11.8. The summed E-state index contributed by atoms with van der Waals surface area (Å²) in [5.41, 5.74) is 2.44. The summed E-state index contributed by atoms with van der Waals surface area (Å²) >= 11 is 7.64. The molecule has 1 atom stereocenters. The highest BCUT2D eigenvalue weighted by Crippen LogP contribution is 2.19. The zero-order valence-electron chi connectivity index (χ0n) is 17.2. The normalized spacial score (nSPS) is 17.4. The van der Waals surface area contributed by atoms with Crippen LogP contribution >= 0.6 is 23.6 Å². The highest BCUT2D eigenvalue weighted by Gasteiger charge is 2.17. The van der Waals surface area contributed by atoms with Crippen LogP contribution in [0.15, 0.2) is 41.8 Å². The second-order valence-electron chi connectivity index (χ2n) is 7.84. The number of para-hydroxylation sites is 1.